The lowest BCUT2D eigenvalue weighted by molar-refractivity contribution is -0.121. The lowest BCUT2D eigenvalue weighted by atomic mass is 10.1. The fourth-order valence-corrected chi connectivity index (χ4v) is 3.30. The molecule has 1 amide bonds. The molecule has 1 atom stereocenters. The number of rotatable bonds is 4. The summed E-state index contributed by atoms with van der Waals surface area (Å²) in [4.78, 5) is 15.9. The van der Waals surface area contributed by atoms with Gasteiger partial charge in [-0.3, -0.25) is 4.79 Å². The van der Waals surface area contributed by atoms with Gasteiger partial charge in [-0.05, 0) is 38.4 Å². The quantitative estimate of drug-likeness (QED) is 0.835. The number of hydrogen-bond donors (Lipinski definition) is 2. The summed E-state index contributed by atoms with van der Waals surface area (Å²) in [6.45, 7) is 3.38. The molecule has 0 aromatic carbocycles. The Morgan fingerprint density at radius 1 is 1.61 bits per heavy atom. The van der Waals surface area contributed by atoms with Crippen molar-refractivity contribution in [2.75, 3.05) is 13.2 Å². The second kappa shape index (κ2) is 6.45. The third-order valence-corrected chi connectivity index (χ3v) is 4.38. The van der Waals surface area contributed by atoms with E-state index in [1.807, 2.05) is 6.92 Å². The van der Waals surface area contributed by atoms with Crippen molar-refractivity contribution in [3.63, 3.8) is 0 Å². The molecular weight excluding hydrogens is 268 g/mol. The van der Waals surface area contributed by atoms with Gasteiger partial charge in [0.05, 0.1) is 12.5 Å². The Hall–Kier alpha value is -0.720. The van der Waals surface area contributed by atoms with Gasteiger partial charge in [0.15, 0.2) is 3.95 Å². The maximum absolute atomic E-state index is 11.8. The standard InChI is InChI=1S/C12H18N2O2S2/c1-8-10(18-12(17)14-8)6-11(15)13-7-9-4-2-3-5-16-9/h9H,2-7H2,1H3,(H,13,15)(H,14,17). The first-order valence-electron chi connectivity index (χ1n) is 6.22. The summed E-state index contributed by atoms with van der Waals surface area (Å²) in [6, 6.07) is 0. The van der Waals surface area contributed by atoms with Crippen LogP contribution in [0.15, 0.2) is 0 Å². The molecule has 1 fully saturated rings. The van der Waals surface area contributed by atoms with Crippen LogP contribution in [-0.2, 0) is 16.0 Å². The molecule has 6 heteroatoms. The largest absolute Gasteiger partial charge is 0.376 e. The third kappa shape index (κ3) is 3.90. The van der Waals surface area contributed by atoms with Crippen LogP contribution in [0.5, 0.6) is 0 Å². The van der Waals surface area contributed by atoms with Crippen molar-refractivity contribution in [2.45, 2.75) is 38.7 Å². The van der Waals surface area contributed by atoms with Crippen LogP contribution in [0.2, 0.25) is 0 Å². The molecule has 0 radical (unpaired) electrons. The number of aryl methyl sites for hydroxylation is 1. The number of nitrogens with one attached hydrogen (secondary N) is 2. The van der Waals surface area contributed by atoms with Crippen LogP contribution in [0.3, 0.4) is 0 Å². The molecule has 2 N–H and O–H groups in total. The van der Waals surface area contributed by atoms with Crippen LogP contribution in [0.25, 0.3) is 0 Å². The molecule has 18 heavy (non-hydrogen) atoms. The van der Waals surface area contributed by atoms with E-state index in [0.29, 0.717) is 13.0 Å². The Morgan fingerprint density at radius 3 is 3.06 bits per heavy atom. The highest BCUT2D eigenvalue weighted by atomic mass is 32.1. The Labute approximate surface area is 116 Å². The molecule has 1 aliphatic heterocycles. The second-order valence-corrected chi connectivity index (χ2v) is 6.30. The number of amides is 1. The van der Waals surface area contributed by atoms with Crippen LogP contribution in [0.1, 0.15) is 29.8 Å². The van der Waals surface area contributed by atoms with Gasteiger partial charge in [-0.1, -0.05) is 0 Å². The lowest BCUT2D eigenvalue weighted by Gasteiger charge is -2.22. The summed E-state index contributed by atoms with van der Waals surface area (Å²) in [5, 5.41) is 2.93. The summed E-state index contributed by atoms with van der Waals surface area (Å²) in [7, 11) is 0. The number of thiazole rings is 1. The fraction of sp³-hybridized carbons (Fsp3) is 0.667. The minimum atomic E-state index is 0.0394. The molecule has 4 nitrogen and oxygen atoms in total. The SMILES string of the molecule is Cc1[nH]c(=S)sc1CC(=O)NCC1CCCCO1. The number of carbonyl (C=O) groups is 1. The van der Waals surface area contributed by atoms with Gasteiger partial charge in [0.1, 0.15) is 0 Å². The molecule has 1 aromatic rings. The normalized spacial score (nSPS) is 19.7. The number of ether oxygens (including phenoxy) is 1. The van der Waals surface area contributed by atoms with Crippen molar-refractivity contribution in [3.05, 3.63) is 14.5 Å². The first-order chi connectivity index (χ1) is 8.65. The minimum Gasteiger partial charge on any atom is -0.376 e. The van der Waals surface area contributed by atoms with Crippen molar-refractivity contribution in [1.29, 1.82) is 0 Å². The highest BCUT2D eigenvalue weighted by Crippen LogP contribution is 2.15. The number of aromatic amines is 1. The Bertz CT molecular complexity index is 461. The van der Waals surface area contributed by atoms with E-state index in [9.17, 15) is 4.79 Å². The van der Waals surface area contributed by atoms with Crippen LogP contribution < -0.4 is 5.32 Å². The van der Waals surface area contributed by atoms with E-state index in [-0.39, 0.29) is 12.0 Å². The molecule has 100 valence electrons. The highest BCUT2D eigenvalue weighted by Gasteiger charge is 2.15. The maximum atomic E-state index is 11.8. The number of H-pyrrole nitrogens is 1. The molecule has 1 saturated heterocycles. The van der Waals surface area contributed by atoms with Crippen molar-refractivity contribution in [1.82, 2.24) is 10.3 Å². The van der Waals surface area contributed by atoms with E-state index < -0.39 is 0 Å². The summed E-state index contributed by atoms with van der Waals surface area (Å²) < 4.78 is 6.30. The zero-order valence-electron chi connectivity index (χ0n) is 10.5. The topological polar surface area (TPSA) is 54.1 Å². The van der Waals surface area contributed by atoms with E-state index in [1.165, 1.54) is 17.8 Å². The van der Waals surface area contributed by atoms with Gasteiger partial charge in [0, 0.05) is 23.7 Å². The van der Waals surface area contributed by atoms with E-state index >= 15 is 0 Å². The highest BCUT2D eigenvalue weighted by molar-refractivity contribution is 7.73. The van der Waals surface area contributed by atoms with E-state index in [0.717, 1.165) is 34.0 Å². The molecule has 0 spiro atoms. The molecule has 0 aliphatic carbocycles. The molecule has 1 unspecified atom stereocenters. The first-order valence-corrected chi connectivity index (χ1v) is 7.44. The molecular formula is C12H18N2O2S2. The van der Waals surface area contributed by atoms with Crippen LogP contribution in [0, 0.1) is 10.9 Å². The predicted octanol–water partition coefficient (Wildman–Crippen LogP) is 2.34. The maximum Gasteiger partial charge on any atom is 0.225 e. The minimum absolute atomic E-state index is 0.0394. The van der Waals surface area contributed by atoms with Crippen LogP contribution in [0.4, 0.5) is 0 Å². The monoisotopic (exact) mass is 286 g/mol. The summed E-state index contributed by atoms with van der Waals surface area (Å²) in [6.07, 6.45) is 3.96. The van der Waals surface area contributed by atoms with Crippen LogP contribution in [-0.4, -0.2) is 30.1 Å². The van der Waals surface area contributed by atoms with Gasteiger partial charge in [-0.2, -0.15) is 0 Å². The van der Waals surface area contributed by atoms with Crippen molar-refractivity contribution >= 4 is 29.5 Å². The third-order valence-electron chi connectivity index (χ3n) is 3.05. The van der Waals surface area contributed by atoms with Gasteiger partial charge in [0.2, 0.25) is 5.91 Å². The average molecular weight is 286 g/mol. The Kier molecular flexibility index (Phi) is 4.91. The lowest BCUT2D eigenvalue weighted by Crippen LogP contribution is -2.36. The molecule has 2 heterocycles. The van der Waals surface area contributed by atoms with Crippen LogP contribution >= 0.6 is 23.6 Å². The number of aromatic nitrogens is 1. The van der Waals surface area contributed by atoms with Gasteiger partial charge in [-0.25, -0.2) is 0 Å². The second-order valence-electron chi connectivity index (χ2n) is 4.53. The molecule has 0 saturated carbocycles. The molecule has 1 aromatic heterocycles. The Morgan fingerprint density at radius 2 is 2.44 bits per heavy atom. The average Bonchev–Trinajstić information content (AvgIpc) is 2.67. The van der Waals surface area contributed by atoms with Gasteiger partial charge < -0.3 is 15.0 Å². The van der Waals surface area contributed by atoms with Gasteiger partial charge in [0.25, 0.3) is 0 Å². The van der Waals surface area contributed by atoms with E-state index in [2.05, 4.69) is 10.3 Å². The van der Waals surface area contributed by atoms with Crippen molar-refractivity contribution in [3.8, 4) is 0 Å². The molecule has 1 aliphatic rings. The number of carbonyl (C=O) groups excluding carboxylic acids is 1. The Balaban J connectivity index is 1.78. The van der Waals surface area contributed by atoms with Crippen molar-refractivity contribution in [2.24, 2.45) is 0 Å². The first kappa shape index (κ1) is 13.7. The van der Waals surface area contributed by atoms with Crippen molar-refractivity contribution < 1.29 is 9.53 Å². The number of hydrogen-bond acceptors (Lipinski definition) is 4. The van der Waals surface area contributed by atoms with Gasteiger partial charge >= 0.3 is 0 Å². The molecule has 2 rings (SSSR count). The zero-order chi connectivity index (χ0) is 13.0. The molecule has 0 bridgehead atoms. The predicted molar refractivity (Wildman–Crippen MR) is 74.5 cm³/mol. The zero-order valence-corrected chi connectivity index (χ0v) is 12.1. The smallest absolute Gasteiger partial charge is 0.225 e. The van der Waals surface area contributed by atoms with E-state index in [4.69, 9.17) is 17.0 Å². The summed E-state index contributed by atoms with van der Waals surface area (Å²) in [5.41, 5.74) is 0.995. The van der Waals surface area contributed by atoms with Gasteiger partial charge in [-0.15, -0.1) is 11.3 Å². The fourth-order valence-electron chi connectivity index (χ4n) is 2.01. The summed E-state index contributed by atoms with van der Waals surface area (Å²) >= 11 is 6.52. The summed E-state index contributed by atoms with van der Waals surface area (Å²) in [5.74, 6) is 0.0394. The van der Waals surface area contributed by atoms with E-state index in [1.54, 1.807) is 0 Å².